The number of nitro benzene ring substituents is 1. The molecule has 1 heterocycles. The summed E-state index contributed by atoms with van der Waals surface area (Å²) >= 11 is 5.75. The quantitative estimate of drug-likeness (QED) is 0.500. The highest BCUT2D eigenvalue weighted by Crippen LogP contribution is 2.24. The Morgan fingerprint density at radius 2 is 2.33 bits per heavy atom. The summed E-state index contributed by atoms with van der Waals surface area (Å²) in [4.78, 5) is 10.2. The van der Waals surface area contributed by atoms with Gasteiger partial charge in [0.15, 0.2) is 0 Å². The van der Waals surface area contributed by atoms with Gasteiger partial charge < -0.3 is 5.43 Å². The minimum Gasteiger partial charge on any atom is -0.318 e. The van der Waals surface area contributed by atoms with Gasteiger partial charge in [-0.25, -0.2) is 0 Å². The number of hydrogen-bond donors (Lipinski definition) is 2. The van der Waals surface area contributed by atoms with E-state index in [1.807, 2.05) is 0 Å². The maximum Gasteiger partial charge on any atom is 0.293 e. The number of nitro groups is 1. The molecule has 0 spiro atoms. The Bertz CT molecular complexity index is 583. The molecule has 0 aliphatic heterocycles. The minimum absolute atomic E-state index is 0.0697. The minimum atomic E-state index is -0.496. The van der Waals surface area contributed by atoms with E-state index in [0.29, 0.717) is 11.6 Å². The molecular weight excluding hydrogens is 258 g/mol. The zero-order chi connectivity index (χ0) is 13.1. The zero-order valence-electron chi connectivity index (χ0n) is 9.21. The lowest BCUT2D eigenvalue weighted by Crippen LogP contribution is -2.10. The van der Waals surface area contributed by atoms with Crippen molar-refractivity contribution in [1.29, 1.82) is 0 Å². The van der Waals surface area contributed by atoms with Crippen LogP contribution in [-0.4, -0.2) is 14.7 Å². The fourth-order valence-corrected chi connectivity index (χ4v) is 1.72. The summed E-state index contributed by atoms with van der Waals surface area (Å²) in [5.41, 5.74) is 3.33. The van der Waals surface area contributed by atoms with Gasteiger partial charge in [-0.05, 0) is 11.6 Å². The van der Waals surface area contributed by atoms with Crippen molar-refractivity contribution in [2.24, 2.45) is 5.84 Å². The maximum absolute atomic E-state index is 10.7. The lowest BCUT2D eigenvalue weighted by Gasteiger charge is -2.06. The highest BCUT2D eigenvalue weighted by atomic mass is 35.5. The van der Waals surface area contributed by atoms with E-state index in [-0.39, 0.29) is 11.4 Å². The molecule has 0 fully saturated rings. The first-order valence-corrected chi connectivity index (χ1v) is 5.40. The first kappa shape index (κ1) is 12.3. The van der Waals surface area contributed by atoms with Crippen molar-refractivity contribution in [3.8, 4) is 0 Å². The zero-order valence-corrected chi connectivity index (χ0v) is 9.96. The second kappa shape index (κ2) is 5.03. The lowest BCUT2D eigenvalue weighted by molar-refractivity contribution is -0.384. The number of nitrogens with two attached hydrogens (primary N) is 1. The summed E-state index contributed by atoms with van der Waals surface area (Å²) in [5.74, 6) is 5.26. The molecule has 0 bridgehead atoms. The summed E-state index contributed by atoms with van der Waals surface area (Å²) in [6.07, 6.45) is 3.19. The third kappa shape index (κ3) is 2.58. The van der Waals surface area contributed by atoms with Crippen molar-refractivity contribution < 1.29 is 4.92 Å². The highest BCUT2D eigenvalue weighted by Gasteiger charge is 2.13. The molecule has 2 rings (SSSR count). The van der Waals surface area contributed by atoms with E-state index >= 15 is 0 Å². The van der Waals surface area contributed by atoms with Crippen molar-refractivity contribution in [2.75, 3.05) is 5.43 Å². The number of aromatic nitrogens is 2. The molecule has 94 valence electrons. The average Bonchev–Trinajstić information content (AvgIpc) is 2.74. The van der Waals surface area contributed by atoms with Crippen LogP contribution >= 0.6 is 11.6 Å². The van der Waals surface area contributed by atoms with Crippen LogP contribution in [0.4, 0.5) is 11.4 Å². The smallest absolute Gasteiger partial charge is 0.293 e. The summed E-state index contributed by atoms with van der Waals surface area (Å²) in [6.45, 7) is 0.458. The van der Waals surface area contributed by atoms with Crippen LogP contribution < -0.4 is 11.3 Å². The Kier molecular flexibility index (Phi) is 3.45. The largest absolute Gasteiger partial charge is 0.318 e. The predicted octanol–water partition coefficient (Wildman–Crippen LogP) is 1.78. The lowest BCUT2D eigenvalue weighted by atomic mass is 10.1. The van der Waals surface area contributed by atoms with Crippen LogP contribution in [0.25, 0.3) is 0 Å². The average molecular weight is 268 g/mol. The van der Waals surface area contributed by atoms with Crippen LogP contribution in [-0.2, 0) is 6.54 Å². The van der Waals surface area contributed by atoms with Crippen LogP contribution in [0.2, 0.25) is 5.02 Å². The molecule has 0 saturated heterocycles. The second-order valence-corrected chi connectivity index (χ2v) is 4.05. The van der Waals surface area contributed by atoms with Crippen molar-refractivity contribution in [1.82, 2.24) is 9.78 Å². The van der Waals surface area contributed by atoms with Gasteiger partial charge in [0.1, 0.15) is 5.69 Å². The van der Waals surface area contributed by atoms with E-state index < -0.39 is 4.92 Å². The van der Waals surface area contributed by atoms with Gasteiger partial charge in [0.25, 0.3) is 5.69 Å². The summed E-state index contributed by atoms with van der Waals surface area (Å²) in [5, 5.41) is 15.3. The monoisotopic (exact) mass is 267 g/mol. The first-order valence-electron chi connectivity index (χ1n) is 5.02. The molecule has 8 heteroatoms. The Morgan fingerprint density at radius 3 is 2.89 bits per heavy atom. The summed E-state index contributed by atoms with van der Waals surface area (Å²) in [6, 6.07) is 4.65. The summed E-state index contributed by atoms with van der Waals surface area (Å²) < 4.78 is 1.63. The van der Waals surface area contributed by atoms with E-state index in [2.05, 4.69) is 10.5 Å². The van der Waals surface area contributed by atoms with Gasteiger partial charge in [-0.2, -0.15) is 5.10 Å². The topological polar surface area (TPSA) is 99.0 Å². The molecule has 1 aromatic heterocycles. The Hall–Kier alpha value is -2.12. The van der Waals surface area contributed by atoms with Crippen molar-refractivity contribution >= 4 is 23.0 Å². The number of hydrazine groups is 1. The van der Waals surface area contributed by atoms with Crippen LogP contribution in [0, 0.1) is 10.1 Å². The molecule has 0 saturated carbocycles. The molecule has 0 amide bonds. The number of hydrogen-bond acceptors (Lipinski definition) is 5. The third-order valence-electron chi connectivity index (χ3n) is 2.36. The number of halogens is 1. The normalized spacial score (nSPS) is 10.3. The Labute approximate surface area is 107 Å². The maximum atomic E-state index is 10.7. The van der Waals surface area contributed by atoms with Gasteiger partial charge in [0, 0.05) is 12.3 Å². The molecule has 0 atom stereocenters. The van der Waals surface area contributed by atoms with Gasteiger partial charge in [0.2, 0.25) is 0 Å². The van der Waals surface area contributed by atoms with Gasteiger partial charge in [-0.15, -0.1) is 0 Å². The highest BCUT2D eigenvalue weighted by molar-refractivity contribution is 6.30. The van der Waals surface area contributed by atoms with E-state index in [0.717, 1.165) is 5.56 Å². The van der Waals surface area contributed by atoms with Crippen molar-refractivity contribution in [3.63, 3.8) is 0 Å². The Balaban J connectivity index is 2.27. The van der Waals surface area contributed by atoms with Crippen molar-refractivity contribution in [2.45, 2.75) is 6.54 Å². The standard InChI is InChI=1S/C10H10ClN5O2/c11-8-4-13-15(6-8)5-7-1-2-10(16(17)18)9(3-7)14-12/h1-4,6,14H,5,12H2. The van der Waals surface area contributed by atoms with Crippen LogP contribution in [0.5, 0.6) is 0 Å². The Morgan fingerprint density at radius 1 is 1.56 bits per heavy atom. The number of anilines is 1. The van der Waals surface area contributed by atoms with Gasteiger partial charge in [-0.3, -0.25) is 20.6 Å². The molecule has 3 N–H and O–H groups in total. The summed E-state index contributed by atoms with van der Waals surface area (Å²) in [7, 11) is 0. The molecule has 0 radical (unpaired) electrons. The molecule has 1 aromatic carbocycles. The number of benzene rings is 1. The molecular formula is C10H10ClN5O2. The number of rotatable bonds is 4. The van der Waals surface area contributed by atoms with E-state index in [1.54, 1.807) is 23.0 Å². The van der Waals surface area contributed by atoms with Gasteiger partial charge in [-0.1, -0.05) is 17.7 Å². The first-order chi connectivity index (χ1) is 8.60. The molecule has 0 aliphatic carbocycles. The van der Waals surface area contributed by atoms with E-state index in [1.165, 1.54) is 12.3 Å². The van der Waals surface area contributed by atoms with E-state index in [9.17, 15) is 10.1 Å². The third-order valence-corrected chi connectivity index (χ3v) is 2.55. The van der Waals surface area contributed by atoms with Crippen LogP contribution in [0.15, 0.2) is 30.6 Å². The SMILES string of the molecule is NNc1cc(Cn2cc(Cl)cn2)ccc1[N+](=O)[O-]. The number of nitrogen functional groups attached to an aromatic ring is 1. The number of nitrogens with zero attached hydrogens (tertiary/aromatic N) is 3. The van der Waals surface area contributed by atoms with Crippen LogP contribution in [0.1, 0.15) is 5.56 Å². The van der Waals surface area contributed by atoms with Crippen molar-refractivity contribution in [3.05, 3.63) is 51.3 Å². The number of nitrogens with one attached hydrogen (secondary N) is 1. The fraction of sp³-hybridized carbons (Fsp3) is 0.100. The van der Waals surface area contributed by atoms with E-state index in [4.69, 9.17) is 17.4 Å². The van der Waals surface area contributed by atoms with Gasteiger partial charge >= 0.3 is 0 Å². The van der Waals surface area contributed by atoms with Gasteiger partial charge in [0.05, 0.1) is 22.7 Å². The molecule has 0 unspecified atom stereocenters. The predicted molar refractivity (Wildman–Crippen MR) is 67.2 cm³/mol. The molecule has 2 aromatic rings. The second-order valence-electron chi connectivity index (χ2n) is 3.61. The fourth-order valence-electron chi connectivity index (χ4n) is 1.57. The molecule has 18 heavy (non-hydrogen) atoms. The van der Waals surface area contributed by atoms with Crippen LogP contribution in [0.3, 0.4) is 0 Å². The molecule has 0 aliphatic rings. The molecule has 7 nitrogen and oxygen atoms in total.